The molecule has 0 aromatic heterocycles. The van der Waals surface area contributed by atoms with Gasteiger partial charge in [0, 0.05) is 18.3 Å². The van der Waals surface area contributed by atoms with E-state index in [0.29, 0.717) is 36.2 Å². The van der Waals surface area contributed by atoms with Crippen molar-refractivity contribution >= 4 is 56.7 Å². The van der Waals surface area contributed by atoms with E-state index >= 15 is 0 Å². The van der Waals surface area contributed by atoms with Crippen LogP contribution in [0.2, 0.25) is 0 Å². The van der Waals surface area contributed by atoms with Gasteiger partial charge in [-0.1, -0.05) is 93.6 Å². The Morgan fingerprint density at radius 2 is 1.41 bits per heavy atom. The first-order valence-electron chi connectivity index (χ1n) is 13.5. The minimum absolute atomic E-state index is 0.0130. The van der Waals surface area contributed by atoms with E-state index in [0.717, 1.165) is 51.4 Å². The summed E-state index contributed by atoms with van der Waals surface area (Å²) in [5, 5.41) is 12.1. The van der Waals surface area contributed by atoms with E-state index in [4.69, 9.17) is 0 Å². The Labute approximate surface area is 234 Å². The lowest BCUT2D eigenvalue weighted by atomic mass is 9.32. The van der Waals surface area contributed by atoms with Gasteiger partial charge in [0.05, 0.1) is 9.02 Å². The predicted molar refractivity (Wildman–Crippen MR) is 153 cm³/mol. The average Bonchev–Trinajstić information content (AvgIpc) is 2.72. The number of Topliss-reactive ketones (excluding diaryl/α,β-unsaturated/α-hetero) is 2. The molecule has 0 radical (unpaired) electrons. The largest absolute Gasteiger partial charge is 0.388 e. The minimum atomic E-state index is -0.775. The Kier molecular flexibility index (Phi) is 5.61. The summed E-state index contributed by atoms with van der Waals surface area (Å²) in [5.74, 6) is 1.43. The molecule has 192 valence electrons. The van der Waals surface area contributed by atoms with Gasteiger partial charge in [-0.2, -0.15) is 0 Å². The van der Waals surface area contributed by atoms with Gasteiger partial charge in [-0.15, -0.1) is 0 Å². The number of hydrogen-bond donors (Lipinski definition) is 1. The number of hydrogen-bond acceptors (Lipinski definition) is 3. The Morgan fingerprint density at radius 1 is 0.794 bits per heavy atom. The van der Waals surface area contributed by atoms with E-state index < -0.39 is 12.4 Å². The normalized spacial score (nSPS) is 56.1. The molecule has 34 heavy (non-hydrogen) atoms. The van der Waals surface area contributed by atoms with Crippen LogP contribution < -0.4 is 0 Å². The van der Waals surface area contributed by atoms with Gasteiger partial charge in [0.25, 0.3) is 0 Å². The summed E-state index contributed by atoms with van der Waals surface area (Å²) in [5.41, 5.74) is -1.10. The van der Waals surface area contributed by atoms with Crippen molar-refractivity contribution in [1.29, 1.82) is 0 Å². The van der Waals surface area contributed by atoms with Crippen molar-refractivity contribution in [2.24, 2.45) is 38.9 Å². The Bertz CT molecular complexity index is 959. The van der Waals surface area contributed by atoms with Gasteiger partial charge in [-0.3, -0.25) is 9.59 Å². The number of carbonyl (C=O) groups excluding carboxylic acids is 2. The molecule has 0 heterocycles. The summed E-state index contributed by atoms with van der Waals surface area (Å²) in [4.78, 5) is 27.6. The molecule has 5 aliphatic carbocycles. The van der Waals surface area contributed by atoms with Crippen LogP contribution in [0.4, 0.5) is 0 Å². The molecular formula is C29H44I2O3. The number of halogens is 2. The van der Waals surface area contributed by atoms with Crippen LogP contribution in [0.1, 0.15) is 113 Å². The van der Waals surface area contributed by atoms with E-state index in [1.54, 1.807) is 0 Å². The van der Waals surface area contributed by atoms with Crippen molar-refractivity contribution in [1.82, 2.24) is 0 Å². The zero-order chi connectivity index (χ0) is 25.4. The summed E-state index contributed by atoms with van der Waals surface area (Å²) >= 11 is 5.16. The van der Waals surface area contributed by atoms with Gasteiger partial charge in [-0.05, 0) is 84.9 Å². The van der Waals surface area contributed by atoms with E-state index in [-0.39, 0.29) is 27.1 Å². The van der Waals surface area contributed by atoms with Crippen LogP contribution in [0.3, 0.4) is 0 Å². The van der Waals surface area contributed by atoms with Gasteiger partial charge in [0.1, 0.15) is 9.20 Å². The number of rotatable bonds is 0. The SMILES string of the molecule is CC1(C)CCC2(O)CC[C@@]3(C)C4(C)CCC5C(C)(C)C(=O)CCC5(C)C4CC(=O)C3(I)C2(I)C1. The number of aliphatic hydroxyl groups is 1. The molecule has 0 aromatic carbocycles. The standard InChI is InChI=1S/C29H44I2O3/c1-22(2)12-14-27(34)15-13-26(7)25(6)11-8-18-23(3,4)20(32)9-10-24(18,5)19(25)16-21(33)29(26,31)28(27,30)17-22/h18-19,34H,8-17H2,1-7H3/t18?,19?,24?,25?,26-,27?,28?,29?/m0/s1. The third-order valence-electron chi connectivity index (χ3n) is 12.8. The second-order valence-corrected chi connectivity index (χ2v) is 18.5. The smallest absolute Gasteiger partial charge is 0.151 e. The van der Waals surface area contributed by atoms with Gasteiger partial charge in [0.2, 0.25) is 0 Å². The van der Waals surface area contributed by atoms with Gasteiger partial charge in [-0.25, -0.2) is 0 Å². The molecule has 1 N–H and O–H groups in total. The van der Waals surface area contributed by atoms with Gasteiger partial charge < -0.3 is 5.11 Å². The zero-order valence-corrected chi connectivity index (χ0v) is 26.6. The molecule has 5 rings (SSSR count). The van der Waals surface area contributed by atoms with E-state index in [9.17, 15) is 14.7 Å². The molecule has 5 heteroatoms. The van der Waals surface area contributed by atoms with Crippen LogP contribution in [0, 0.1) is 38.9 Å². The lowest BCUT2D eigenvalue weighted by Crippen LogP contribution is -2.81. The van der Waals surface area contributed by atoms with Crippen LogP contribution in [0.15, 0.2) is 0 Å². The molecule has 5 aliphatic rings. The predicted octanol–water partition coefficient (Wildman–Crippen LogP) is 7.48. The second kappa shape index (κ2) is 7.24. The fraction of sp³-hybridized carbons (Fsp3) is 0.931. The molecular weight excluding hydrogens is 650 g/mol. The first-order valence-corrected chi connectivity index (χ1v) is 15.7. The van der Waals surface area contributed by atoms with E-state index in [1.807, 2.05) is 0 Å². The van der Waals surface area contributed by atoms with Crippen LogP contribution >= 0.6 is 45.2 Å². The topological polar surface area (TPSA) is 54.4 Å². The van der Waals surface area contributed by atoms with Crippen LogP contribution in [0.25, 0.3) is 0 Å². The summed E-state index contributed by atoms with van der Waals surface area (Å²) in [7, 11) is 0. The number of carbonyl (C=O) groups is 2. The van der Waals surface area contributed by atoms with Crippen LogP contribution in [-0.2, 0) is 9.59 Å². The third-order valence-corrected chi connectivity index (χ3v) is 18.8. The van der Waals surface area contributed by atoms with Crippen molar-refractivity contribution < 1.29 is 14.7 Å². The Hall–Kier alpha value is 0.760. The highest BCUT2D eigenvalue weighted by Crippen LogP contribution is 2.80. The molecule has 0 bridgehead atoms. The summed E-state index contributed by atoms with van der Waals surface area (Å²) < 4.78 is -1.05. The van der Waals surface area contributed by atoms with Gasteiger partial charge >= 0.3 is 0 Å². The highest BCUT2D eigenvalue weighted by Gasteiger charge is 2.81. The fourth-order valence-electron chi connectivity index (χ4n) is 10.5. The van der Waals surface area contributed by atoms with Crippen molar-refractivity contribution in [3.63, 3.8) is 0 Å². The molecule has 7 unspecified atom stereocenters. The average molecular weight is 694 g/mol. The van der Waals surface area contributed by atoms with Crippen LogP contribution in [0.5, 0.6) is 0 Å². The molecule has 0 aliphatic heterocycles. The lowest BCUT2D eigenvalue weighted by Gasteiger charge is -2.76. The highest BCUT2D eigenvalue weighted by atomic mass is 127. The number of ketones is 2. The summed E-state index contributed by atoms with van der Waals surface area (Å²) in [6.07, 6.45) is 8.76. The molecule has 3 nitrogen and oxygen atoms in total. The van der Waals surface area contributed by atoms with E-state index in [2.05, 4.69) is 93.6 Å². The Balaban J connectivity index is 1.66. The maximum atomic E-state index is 14.6. The highest BCUT2D eigenvalue weighted by molar-refractivity contribution is 14.1. The van der Waals surface area contributed by atoms with Crippen LogP contribution in [-0.4, -0.2) is 29.1 Å². The Morgan fingerprint density at radius 3 is 2.06 bits per heavy atom. The number of alkyl halides is 2. The molecule has 0 amide bonds. The molecule has 0 spiro atoms. The first-order chi connectivity index (χ1) is 15.3. The molecule has 8 atom stereocenters. The molecule has 5 fully saturated rings. The number of fused-ring (bicyclic) bond motifs is 7. The van der Waals surface area contributed by atoms with Crippen molar-refractivity contribution in [3.8, 4) is 0 Å². The third kappa shape index (κ3) is 2.79. The van der Waals surface area contributed by atoms with Gasteiger partial charge in [0.15, 0.2) is 5.78 Å². The first kappa shape index (κ1) is 26.4. The summed E-state index contributed by atoms with van der Waals surface area (Å²) in [6.45, 7) is 16.3. The minimum Gasteiger partial charge on any atom is -0.388 e. The molecule has 0 aromatic rings. The fourth-order valence-corrected chi connectivity index (χ4v) is 14.8. The molecule has 0 saturated heterocycles. The van der Waals surface area contributed by atoms with Crippen molar-refractivity contribution in [3.05, 3.63) is 0 Å². The van der Waals surface area contributed by atoms with Crippen molar-refractivity contribution in [2.75, 3.05) is 0 Å². The summed E-state index contributed by atoms with van der Waals surface area (Å²) in [6, 6.07) is 0. The van der Waals surface area contributed by atoms with Crippen molar-refractivity contribution in [2.45, 2.75) is 125 Å². The molecule has 5 saturated carbocycles. The maximum Gasteiger partial charge on any atom is 0.151 e. The zero-order valence-electron chi connectivity index (χ0n) is 22.2. The van der Waals surface area contributed by atoms with E-state index in [1.165, 1.54) is 0 Å². The maximum absolute atomic E-state index is 14.6. The second-order valence-electron chi connectivity index (χ2n) is 15.0. The quantitative estimate of drug-likeness (QED) is 0.212. The monoisotopic (exact) mass is 694 g/mol. The lowest BCUT2D eigenvalue weighted by molar-refractivity contribution is -0.223.